The smallest absolute Gasteiger partial charge is 0.292 e. The van der Waals surface area contributed by atoms with Gasteiger partial charge in [0.15, 0.2) is 4.90 Å². The summed E-state index contributed by atoms with van der Waals surface area (Å²) in [5, 5.41) is 10.8. The van der Waals surface area contributed by atoms with Gasteiger partial charge in [0.1, 0.15) is 5.82 Å². The molecule has 0 aromatic heterocycles. The van der Waals surface area contributed by atoms with Crippen molar-refractivity contribution in [1.29, 1.82) is 0 Å². The highest BCUT2D eigenvalue weighted by atomic mass is 35.5. The Morgan fingerprint density at radius 1 is 1.45 bits per heavy atom. The van der Waals surface area contributed by atoms with Crippen molar-refractivity contribution in [2.24, 2.45) is 5.73 Å². The lowest BCUT2D eigenvalue weighted by Gasteiger charge is -2.16. The Bertz CT molecular complexity index is 625. The zero-order valence-corrected chi connectivity index (χ0v) is 11.9. The van der Waals surface area contributed by atoms with E-state index in [2.05, 4.69) is 0 Å². The Kier molecular flexibility index (Phi) is 5.03. The van der Waals surface area contributed by atoms with Crippen LogP contribution in [0.1, 0.15) is 6.42 Å². The van der Waals surface area contributed by atoms with Crippen LogP contribution in [0.15, 0.2) is 23.1 Å². The monoisotopic (exact) mass is 325 g/mol. The van der Waals surface area contributed by atoms with Crippen LogP contribution in [0, 0.1) is 15.9 Å². The first-order valence-electron chi connectivity index (χ1n) is 5.52. The number of nitrogens with two attached hydrogens (primary N) is 1. The second-order valence-corrected chi connectivity index (χ2v) is 6.13. The summed E-state index contributed by atoms with van der Waals surface area (Å²) in [5.74, 6) is -1.13. The average Bonchev–Trinajstić information content (AvgIpc) is 2.75. The number of nitrogens with zero attached hydrogens (tertiary/aromatic N) is 2. The molecule has 0 radical (unpaired) electrons. The maximum absolute atomic E-state index is 13.7. The molecule has 0 unspecified atom stereocenters. The van der Waals surface area contributed by atoms with Crippen molar-refractivity contribution in [2.75, 3.05) is 13.1 Å². The summed E-state index contributed by atoms with van der Waals surface area (Å²) in [5.41, 5.74) is 4.84. The third-order valence-corrected chi connectivity index (χ3v) is 4.86. The topological polar surface area (TPSA) is 107 Å². The maximum atomic E-state index is 13.7. The van der Waals surface area contributed by atoms with E-state index in [0.717, 1.165) is 22.5 Å². The van der Waals surface area contributed by atoms with Crippen LogP contribution in [-0.4, -0.2) is 36.8 Å². The van der Waals surface area contributed by atoms with Crippen LogP contribution in [0.4, 0.5) is 10.1 Å². The molecular formula is C10H13ClFN3O4S. The summed E-state index contributed by atoms with van der Waals surface area (Å²) in [6.07, 6.45) is 0.446. The summed E-state index contributed by atoms with van der Waals surface area (Å²) in [6.45, 7) is 0.169. The van der Waals surface area contributed by atoms with E-state index >= 15 is 0 Å². The fourth-order valence-corrected chi connectivity index (χ4v) is 3.71. The predicted octanol–water partition coefficient (Wildman–Crippen LogP) is 0.877. The van der Waals surface area contributed by atoms with Gasteiger partial charge in [0.05, 0.1) is 4.92 Å². The first-order valence-corrected chi connectivity index (χ1v) is 6.96. The van der Waals surface area contributed by atoms with Gasteiger partial charge in [-0.2, -0.15) is 4.31 Å². The van der Waals surface area contributed by atoms with E-state index in [1.54, 1.807) is 0 Å². The van der Waals surface area contributed by atoms with Crippen LogP contribution >= 0.6 is 12.4 Å². The average molecular weight is 326 g/mol. The number of hydrogen-bond acceptors (Lipinski definition) is 5. The van der Waals surface area contributed by atoms with E-state index < -0.39 is 31.3 Å². The van der Waals surface area contributed by atoms with Crippen LogP contribution in [0.5, 0.6) is 0 Å². The number of nitro groups is 1. The van der Waals surface area contributed by atoms with E-state index in [1.807, 2.05) is 0 Å². The molecule has 10 heteroatoms. The van der Waals surface area contributed by atoms with Crippen LogP contribution in [-0.2, 0) is 10.0 Å². The predicted molar refractivity (Wildman–Crippen MR) is 71.7 cm³/mol. The molecule has 0 spiro atoms. The molecule has 1 aliphatic rings. The van der Waals surface area contributed by atoms with Gasteiger partial charge in [0, 0.05) is 25.2 Å². The molecule has 1 heterocycles. The second-order valence-electron chi connectivity index (χ2n) is 4.26. The first kappa shape index (κ1) is 16.8. The van der Waals surface area contributed by atoms with Gasteiger partial charge in [-0.25, -0.2) is 12.8 Å². The molecule has 1 aromatic carbocycles. The third kappa shape index (κ3) is 2.90. The number of rotatable bonds is 3. The summed E-state index contributed by atoms with van der Waals surface area (Å²) in [7, 11) is -4.24. The lowest BCUT2D eigenvalue weighted by atomic mass is 10.3. The van der Waals surface area contributed by atoms with Crippen LogP contribution in [0.3, 0.4) is 0 Å². The van der Waals surface area contributed by atoms with Gasteiger partial charge >= 0.3 is 0 Å². The minimum absolute atomic E-state index is 0. The largest absolute Gasteiger partial charge is 0.326 e. The zero-order chi connectivity index (χ0) is 14.2. The van der Waals surface area contributed by atoms with Gasteiger partial charge in [0.25, 0.3) is 15.7 Å². The number of hydrogen-bond donors (Lipinski definition) is 1. The Morgan fingerprint density at radius 3 is 2.60 bits per heavy atom. The van der Waals surface area contributed by atoms with Gasteiger partial charge in [-0.3, -0.25) is 10.1 Å². The van der Waals surface area contributed by atoms with Crippen LogP contribution < -0.4 is 5.73 Å². The molecule has 0 bridgehead atoms. The lowest BCUT2D eigenvalue weighted by Crippen LogP contribution is -2.32. The van der Waals surface area contributed by atoms with Gasteiger partial charge in [-0.05, 0) is 12.5 Å². The molecule has 20 heavy (non-hydrogen) atoms. The fourth-order valence-electron chi connectivity index (χ4n) is 2.00. The highest BCUT2D eigenvalue weighted by molar-refractivity contribution is 7.89. The molecule has 0 aliphatic carbocycles. The van der Waals surface area contributed by atoms with Gasteiger partial charge < -0.3 is 5.73 Å². The van der Waals surface area contributed by atoms with E-state index in [-0.39, 0.29) is 31.5 Å². The Balaban J connectivity index is 0.00000200. The normalized spacial score (nSPS) is 19.6. The minimum atomic E-state index is -4.24. The second kappa shape index (κ2) is 6.00. The van der Waals surface area contributed by atoms with E-state index in [9.17, 15) is 22.9 Å². The summed E-state index contributed by atoms with van der Waals surface area (Å²) >= 11 is 0. The molecule has 1 atom stereocenters. The molecule has 1 fully saturated rings. The molecule has 0 saturated carbocycles. The van der Waals surface area contributed by atoms with Crippen molar-refractivity contribution >= 4 is 28.1 Å². The Morgan fingerprint density at radius 2 is 2.10 bits per heavy atom. The Labute approximate surface area is 121 Å². The minimum Gasteiger partial charge on any atom is -0.326 e. The van der Waals surface area contributed by atoms with Crippen LogP contribution in [0.25, 0.3) is 0 Å². The molecule has 7 nitrogen and oxygen atoms in total. The van der Waals surface area contributed by atoms with Crippen molar-refractivity contribution in [3.05, 3.63) is 34.1 Å². The summed E-state index contributed by atoms with van der Waals surface area (Å²) in [4.78, 5) is 9.03. The lowest BCUT2D eigenvalue weighted by molar-refractivity contribution is -0.388. The SMILES string of the molecule is Cl.N[C@@H]1CCN(S(=O)(=O)c2c(F)cccc2[N+](=O)[O-])C1. The summed E-state index contributed by atoms with van der Waals surface area (Å²) in [6, 6.07) is 2.62. The van der Waals surface area contributed by atoms with Gasteiger partial charge in [-0.1, -0.05) is 6.07 Å². The molecule has 2 rings (SSSR count). The highest BCUT2D eigenvalue weighted by Crippen LogP contribution is 2.30. The van der Waals surface area contributed by atoms with Crippen molar-refractivity contribution in [1.82, 2.24) is 4.31 Å². The van der Waals surface area contributed by atoms with Crippen molar-refractivity contribution in [3.63, 3.8) is 0 Å². The maximum Gasteiger partial charge on any atom is 0.292 e. The van der Waals surface area contributed by atoms with Gasteiger partial charge in [-0.15, -0.1) is 12.4 Å². The standard InChI is InChI=1S/C10H12FN3O4S.ClH/c11-8-2-1-3-9(14(15)16)10(8)19(17,18)13-5-4-7(12)6-13;/h1-3,7H,4-6,12H2;1H/t7-;/m1./s1. The number of sulfonamides is 1. The van der Waals surface area contributed by atoms with Crippen LogP contribution in [0.2, 0.25) is 0 Å². The zero-order valence-electron chi connectivity index (χ0n) is 10.2. The third-order valence-electron chi connectivity index (χ3n) is 2.93. The summed E-state index contributed by atoms with van der Waals surface area (Å²) < 4.78 is 39.2. The first-order chi connectivity index (χ1) is 8.84. The molecule has 2 N–H and O–H groups in total. The molecular weight excluding hydrogens is 313 g/mol. The van der Waals surface area contributed by atoms with Crippen molar-refractivity contribution in [2.45, 2.75) is 17.4 Å². The number of halogens is 2. The van der Waals surface area contributed by atoms with Crippen molar-refractivity contribution < 1.29 is 17.7 Å². The van der Waals surface area contributed by atoms with E-state index in [4.69, 9.17) is 5.73 Å². The van der Waals surface area contributed by atoms with Crippen molar-refractivity contribution in [3.8, 4) is 0 Å². The quantitative estimate of drug-likeness (QED) is 0.655. The molecule has 1 saturated heterocycles. The molecule has 112 valence electrons. The molecule has 0 amide bonds. The Hall–Kier alpha value is -1.29. The number of benzene rings is 1. The fraction of sp³-hybridized carbons (Fsp3) is 0.400. The molecule has 1 aliphatic heterocycles. The molecule has 1 aromatic rings. The van der Waals surface area contributed by atoms with E-state index in [0.29, 0.717) is 6.42 Å². The highest BCUT2D eigenvalue weighted by Gasteiger charge is 2.37. The van der Waals surface area contributed by atoms with Gasteiger partial charge in [0.2, 0.25) is 0 Å². The number of nitro benzene ring substituents is 1. The van der Waals surface area contributed by atoms with E-state index in [1.165, 1.54) is 0 Å².